The SMILES string of the molecule is CCN(CC)C(=O)c1ccc(C(F)(F)F)cc1C(=O)O. The van der Waals surface area contributed by atoms with Crippen molar-refractivity contribution in [2.75, 3.05) is 13.1 Å². The van der Waals surface area contributed by atoms with Gasteiger partial charge in [0.15, 0.2) is 0 Å². The Balaban J connectivity index is 3.34. The molecule has 4 nitrogen and oxygen atoms in total. The smallest absolute Gasteiger partial charge is 0.416 e. The third kappa shape index (κ3) is 3.28. The summed E-state index contributed by atoms with van der Waals surface area (Å²) in [5.74, 6) is -2.16. The summed E-state index contributed by atoms with van der Waals surface area (Å²) in [6, 6.07) is 2.11. The van der Waals surface area contributed by atoms with Crippen molar-refractivity contribution in [1.82, 2.24) is 4.90 Å². The molecule has 0 aliphatic carbocycles. The maximum absolute atomic E-state index is 12.6. The number of hydrogen-bond acceptors (Lipinski definition) is 2. The first-order valence-electron chi connectivity index (χ1n) is 5.96. The number of amides is 1. The Labute approximate surface area is 113 Å². The van der Waals surface area contributed by atoms with Gasteiger partial charge in [-0.25, -0.2) is 4.79 Å². The van der Waals surface area contributed by atoms with E-state index in [1.165, 1.54) is 4.90 Å². The lowest BCUT2D eigenvalue weighted by molar-refractivity contribution is -0.137. The number of halogens is 3. The van der Waals surface area contributed by atoms with Crippen molar-refractivity contribution in [3.8, 4) is 0 Å². The molecule has 0 aromatic heterocycles. The van der Waals surface area contributed by atoms with Gasteiger partial charge in [0.1, 0.15) is 0 Å². The number of carboxylic acids is 1. The van der Waals surface area contributed by atoms with Crippen molar-refractivity contribution >= 4 is 11.9 Å². The molecule has 1 N–H and O–H groups in total. The third-order valence-corrected chi connectivity index (χ3v) is 2.86. The molecule has 0 fully saturated rings. The summed E-state index contributed by atoms with van der Waals surface area (Å²) in [7, 11) is 0. The van der Waals surface area contributed by atoms with Gasteiger partial charge in [-0.2, -0.15) is 13.2 Å². The minimum absolute atomic E-state index is 0.241. The molecule has 1 aromatic rings. The van der Waals surface area contributed by atoms with Gasteiger partial charge < -0.3 is 10.0 Å². The van der Waals surface area contributed by atoms with E-state index in [0.29, 0.717) is 25.2 Å². The Bertz CT molecular complexity index is 522. The van der Waals surface area contributed by atoms with Crippen LogP contribution in [0.1, 0.15) is 40.1 Å². The molecule has 0 spiro atoms. The fraction of sp³-hybridized carbons (Fsp3) is 0.385. The molecule has 0 aliphatic heterocycles. The van der Waals surface area contributed by atoms with E-state index >= 15 is 0 Å². The zero-order valence-electron chi connectivity index (χ0n) is 11.0. The molecule has 7 heteroatoms. The molecule has 1 rings (SSSR count). The molecule has 0 atom stereocenters. The highest BCUT2D eigenvalue weighted by Crippen LogP contribution is 2.30. The molecule has 0 bridgehead atoms. The van der Waals surface area contributed by atoms with Gasteiger partial charge in [-0.1, -0.05) is 0 Å². The third-order valence-electron chi connectivity index (χ3n) is 2.86. The van der Waals surface area contributed by atoms with Crippen LogP contribution in [-0.4, -0.2) is 35.0 Å². The minimum Gasteiger partial charge on any atom is -0.478 e. The average molecular weight is 289 g/mol. The van der Waals surface area contributed by atoms with Gasteiger partial charge in [0.2, 0.25) is 0 Å². The number of benzene rings is 1. The Kier molecular flexibility index (Phi) is 4.75. The van der Waals surface area contributed by atoms with Gasteiger partial charge in [-0.15, -0.1) is 0 Å². The fourth-order valence-corrected chi connectivity index (χ4v) is 1.77. The second-order valence-electron chi connectivity index (χ2n) is 4.04. The molecule has 0 saturated carbocycles. The second-order valence-corrected chi connectivity index (χ2v) is 4.04. The van der Waals surface area contributed by atoms with Gasteiger partial charge in [-0.3, -0.25) is 4.79 Å². The standard InChI is InChI=1S/C13H14F3NO3/c1-3-17(4-2)11(18)9-6-5-8(13(14,15)16)7-10(9)12(19)20/h5-7H,3-4H2,1-2H3,(H,19,20). The molecular formula is C13H14F3NO3. The Morgan fingerprint density at radius 3 is 2.10 bits per heavy atom. The van der Waals surface area contributed by atoms with Crippen LogP contribution in [0.15, 0.2) is 18.2 Å². The summed E-state index contributed by atoms with van der Waals surface area (Å²) in [4.78, 5) is 24.5. The van der Waals surface area contributed by atoms with E-state index < -0.39 is 29.2 Å². The summed E-state index contributed by atoms with van der Waals surface area (Å²) in [6.07, 6.45) is -4.65. The highest BCUT2D eigenvalue weighted by molar-refractivity contribution is 6.04. The molecule has 0 aliphatic rings. The van der Waals surface area contributed by atoms with E-state index in [-0.39, 0.29) is 5.56 Å². The fourth-order valence-electron chi connectivity index (χ4n) is 1.77. The predicted molar refractivity (Wildman–Crippen MR) is 65.7 cm³/mol. The molecule has 0 saturated heterocycles. The molecule has 0 unspecified atom stereocenters. The van der Waals surface area contributed by atoms with E-state index in [1.807, 2.05) is 0 Å². The van der Waals surface area contributed by atoms with Crippen LogP contribution in [-0.2, 0) is 6.18 Å². The number of nitrogens with zero attached hydrogens (tertiary/aromatic N) is 1. The molecule has 110 valence electrons. The highest BCUT2D eigenvalue weighted by atomic mass is 19.4. The monoisotopic (exact) mass is 289 g/mol. The van der Waals surface area contributed by atoms with Crippen LogP contribution in [0.5, 0.6) is 0 Å². The molecule has 1 aromatic carbocycles. The maximum Gasteiger partial charge on any atom is 0.416 e. The first-order valence-corrected chi connectivity index (χ1v) is 5.96. The maximum atomic E-state index is 12.6. The quantitative estimate of drug-likeness (QED) is 0.927. The van der Waals surface area contributed by atoms with E-state index in [1.54, 1.807) is 13.8 Å². The first kappa shape index (κ1) is 16.0. The van der Waals surface area contributed by atoms with Crippen LogP contribution >= 0.6 is 0 Å². The van der Waals surface area contributed by atoms with Gasteiger partial charge in [0, 0.05) is 13.1 Å². The zero-order chi connectivity index (χ0) is 15.5. The largest absolute Gasteiger partial charge is 0.478 e. The van der Waals surface area contributed by atoms with Crippen molar-refractivity contribution in [3.63, 3.8) is 0 Å². The van der Waals surface area contributed by atoms with Gasteiger partial charge >= 0.3 is 12.1 Å². The van der Waals surface area contributed by atoms with Crippen LogP contribution in [0.25, 0.3) is 0 Å². The number of rotatable bonds is 4. The van der Waals surface area contributed by atoms with Crippen LogP contribution in [0.4, 0.5) is 13.2 Å². The highest BCUT2D eigenvalue weighted by Gasteiger charge is 2.32. The predicted octanol–water partition coefficient (Wildman–Crippen LogP) is 2.89. The van der Waals surface area contributed by atoms with Crippen molar-refractivity contribution in [1.29, 1.82) is 0 Å². The number of carboxylic acid groups (broad SMARTS) is 1. The topological polar surface area (TPSA) is 57.6 Å². The minimum atomic E-state index is -4.65. The normalized spacial score (nSPS) is 11.2. The van der Waals surface area contributed by atoms with Crippen molar-refractivity contribution < 1.29 is 27.9 Å². The van der Waals surface area contributed by atoms with Gasteiger partial charge in [-0.05, 0) is 32.0 Å². The molecule has 20 heavy (non-hydrogen) atoms. The second kappa shape index (κ2) is 5.94. The summed E-state index contributed by atoms with van der Waals surface area (Å²) in [6.45, 7) is 4.09. The summed E-state index contributed by atoms with van der Waals surface area (Å²) in [5.41, 5.74) is -1.98. The number of carbonyl (C=O) groups excluding carboxylic acids is 1. The zero-order valence-corrected chi connectivity index (χ0v) is 11.0. The molecule has 0 heterocycles. The van der Waals surface area contributed by atoms with Crippen LogP contribution < -0.4 is 0 Å². The lowest BCUT2D eigenvalue weighted by Gasteiger charge is -2.20. The van der Waals surface area contributed by atoms with Crippen LogP contribution in [0.3, 0.4) is 0 Å². The average Bonchev–Trinajstić information content (AvgIpc) is 2.38. The van der Waals surface area contributed by atoms with Crippen LogP contribution in [0, 0.1) is 0 Å². The Morgan fingerprint density at radius 1 is 1.15 bits per heavy atom. The summed E-state index contributed by atoms with van der Waals surface area (Å²) < 4.78 is 37.7. The van der Waals surface area contributed by atoms with E-state index in [9.17, 15) is 22.8 Å². The van der Waals surface area contributed by atoms with Gasteiger partial charge in [0.05, 0.1) is 16.7 Å². The lowest BCUT2D eigenvalue weighted by atomic mass is 10.0. The lowest BCUT2D eigenvalue weighted by Crippen LogP contribution is -2.31. The van der Waals surface area contributed by atoms with E-state index in [0.717, 1.165) is 6.07 Å². The number of aromatic carboxylic acids is 1. The number of alkyl halides is 3. The van der Waals surface area contributed by atoms with Crippen LogP contribution in [0.2, 0.25) is 0 Å². The Hall–Kier alpha value is -2.05. The molecular weight excluding hydrogens is 275 g/mol. The number of carbonyl (C=O) groups is 2. The van der Waals surface area contributed by atoms with E-state index in [4.69, 9.17) is 5.11 Å². The van der Waals surface area contributed by atoms with Gasteiger partial charge in [0.25, 0.3) is 5.91 Å². The first-order chi connectivity index (χ1) is 9.22. The van der Waals surface area contributed by atoms with Crippen molar-refractivity contribution in [3.05, 3.63) is 34.9 Å². The van der Waals surface area contributed by atoms with Crippen molar-refractivity contribution in [2.24, 2.45) is 0 Å². The van der Waals surface area contributed by atoms with E-state index in [2.05, 4.69) is 0 Å². The van der Waals surface area contributed by atoms with Crippen molar-refractivity contribution in [2.45, 2.75) is 20.0 Å². The number of hydrogen-bond donors (Lipinski definition) is 1. The molecule has 1 amide bonds. The Morgan fingerprint density at radius 2 is 1.70 bits per heavy atom. The summed E-state index contributed by atoms with van der Waals surface area (Å²) >= 11 is 0. The summed E-state index contributed by atoms with van der Waals surface area (Å²) in [5, 5.41) is 8.99. The molecule has 0 radical (unpaired) electrons.